The van der Waals surface area contributed by atoms with Crippen molar-refractivity contribution in [2.75, 3.05) is 6.54 Å². The van der Waals surface area contributed by atoms with Crippen molar-refractivity contribution in [3.63, 3.8) is 0 Å². The highest BCUT2D eigenvalue weighted by Gasteiger charge is 2.46. The molecule has 0 aromatic heterocycles. The molecule has 2 saturated heterocycles. The standard InChI is InChI=1S/C12H19N/c1-8(2)4-5-9(3)12-10-6-11(12)13-7-10/h5,10-13H,1,4,6-7H2,2-3H3/b9-5-. The van der Waals surface area contributed by atoms with Gasteiger partial charge in [-0.25, -0.2) is 0 Å². The first-order valence-corrected chi connectivity index (χ1v) is 5.23. The number of rotatable bonds is 3. The van der Waals surface area contributed by atoms with Crippen molar-refractivity contribution in [3.05, 3.63) is 23.8 Å². The van der Waals surface area contributed by atoms with Crippen LogP contribution in [0.2, 0.25) is 0 Å². The lowest BCUT2D eigenvalue weighted by Gasteiger charge is -2.35. The molecule has 1 N–H and O–H groups in total. The first-order valence-electron chi connectivity index (χ1n) is 5.23. The lowest BCUT2D eigenvalue weighted by molar-refractivity contribution is 0.258. The summed E-state index contributed by atoms with van der Waals surface area (Å²) in [5.74, 6) is 1.78. The summed E-state index contributed by atoms with van der Waals surface area (Å²) >= 11 is 0. The molecule has 72 valence electrons. The van der Waals surface area contributed by atoms with E-state index in [0.717, 1.165) is 24.3 Å². The van der Waals surface area contributed by atoms with Crippen LogP contribution in [0.1, 0.15) is 26.7 Å². The minimum absolute atomic E-state index is 0.798. The Morgan fingerprint density at radius 3 is 2.77 bits per heavy atom. The summed E-state index contributed by atoms with van der Waals surface area (Å²) in [7, 11) is 0. The molecule has 3 atom stereocenters. The molecular weight excluding hydrogens is 158 g/mol. The molecule has 3 aliphatic rings. The zero-order valence-electron chi connectivity index (χ0n) is 8.64. The van der Waals surface area contributed by atoms with Crippen LogP contribution < -0.4 is 5.32 Å². The second-order valence-electron chi connectivity index (χ2n) is 4.65. The molecule has 0 aromatic rings. The molecule has 1 saturated carbocycles. The zero-order chi connectivity index (χ0) is 9.42. The third-order valence-electron chi connectivity index (χ3n) is 3.44. The van der Waals surface area contributed by atoms with Crippen LogP contribution >= 0.6 is 0 Å². The summed E-state index contributed by atoms with van der Waals surface area (Å²) in [4.78, 5) is 0. The fraction of sp³-hybridized carbons (Fsp3) is 0.667. The lowest BCUT2D eigenvalue weighted by atomic mass is 9.70. The molecule has 0 spiro atoms. The second-order valence-corrected chi connectivity index (χ2v) is 4.65. The van der Waals surface area contributed by atoms with Crippen molar-refractivity contribution in [1.82, 2.24) is 5.32 Å². The van der Waals surface area contributed by atoms with Gasteiger partial charge in [0.15, 0.2) is 0 Å². The number of fused-ring (bicyclic) bond motifs is 1. The summed E-state index contributed by atoms with van der Waals surface area (Å²) in [6.07, 6.45) is 4.82. The van der Waals surface area contributed by atoms with Crippen LogP contribution in [0.5, 0.6) is 0 Å². The summed E-state index contributed by atoms with van der Waals surface area (Å²) in [5, 5.41) is 3.55. The van der Waals surface area contributed by atoms with Gasteiger partial charge in [-0.1, -0.05) is 23.8 Å². The normalized spacial score (nSPS) is 37.4. The fourth-order valence-electron chi connectivity index (χ4n) is 2.64. The predicted molar refractivity (Wildman–Crippen MR) is 56.6 cm³/mol. The fourth-order valence-corrected chi connectivity index (χ4v) is 2.64. The molecule has 1 heteroatoms. The van der Waals surface area contributed by atoms with Gasteiger partial charge in [-0.15, -0.1) is 0 Å². The van der Waals surface area contributed by atoms with Gasteiger partial charge in [0.2, 0.25) is 0 Å². The molecule has 3 rings (SSSR count). The number of nitrogens with one attached hydrogen (secondary N) is 1. The Morgan fingerprint density at radius 1 is 1.54 bits per heavy atom. The first kappa shape index (κ1) is 9.01. The second kappa shape index (κ2) is 3.30. The number of hydrogen-bond acceptors (Lipinski definition) is 1. The molecular formula is C12H19N. The molecule has 0 aromatic carbocycles. The third kappa shape index (κ3) is 1.58. The Hall–Kier alpha value is -0.560. The van der Waals surface area contributed by atoms with Crippen LogP contribution in [0.3, 0.4) is 0 Å². The van der Waals surface area contributed by atoms with E-state index < -0.39 is 0 Å². The lowest BCUT2D eigenvalue weighted by Crippen LogP contribution is -2.37. The van der Waals surface area contributed by atoms with Gasteiger partial charge < -0.3 is 5.32 Å². The minimum Gasteiger partial charge on any atom is -0.313 e. The van der Waals surface area contributed by atoms with E-state index in [9.17, 15) is 0 Å². The van der Waals surface area contributed by atoms with Gasteiger partial charge in [-0.05, 0) is 45.1 Å². The van der Waals surface area contributed by atoms with E-state index in [2.05, 4.69) is 31.8 Å². The van der Waals surface area contributed by atoms with Crippen molar-refractivity contribution in [2.24, 2.45) is 11.8 Å². The summed E-state index contributed by atoms with van der Waals surface area (Å²) in [5.41, 5.74) is 2.84. The molecule has 2 aliphatic heterocycles. The van der Waals surface area contributed by atoms with E-state index in [1.165, 1.54) is 18.5 Å². The molecule has 0 radical (unpaired) electrons. The van der Waals surface area contributed by atoms with Gasteiger partial charge in [0, 0.05) is 6.04 Å². The highest BCUT2D eigenvalue weighted by molar-refractivity contribution is 5.20. The van der Waals surface area contributed by atoms with Crippen molar-refractivity contribution in [3.8, 4) is 0 Å². The number of allylic oxidation sites excluding steroid dienone is 2. The Bertz CT molecular complexity index is 238. The Kier molecular flexibility index (Phi) is 2.29. The van der Waals surface area contributed by atoms with E-state index in [1.807, 2.05) is 0 Å². The van der Waals surface area contributed by atoms with E-state index >= 15 is 0 Å². The maximum Gasteiger partial charge on any atom is 0.0139 e. The van der Waals surface area contributed by atoms with E-state index in [1.54, 1.807) is 5.57 Å². The Labute approximate surface area is 80.9 Å². The molecule has 1 aliphatic carbocycles. The molecule has 1 nitrogen and oxygen atoms in total. The van der Waals surface area contributed by atoms with Crippen LogP contribution in [0.15, 0.2) is 23.8 Å². The van der Waals surface area contributed by atoms with Gasteiger partial charge in [0.05, 0.1) is 0 Å². The van der Waals surface area contributed by atoms with Crippen LogP contribution in [0, 0.1) is 11.8 Å². The molecule has 3 fully saturated rings. The Morgan fingerprint density at radius 2 is 2.31 bits per heavy atom. The van der Waals surface area contributed by atoms with Crippen LogP contribution in [0.4, 0.5) is 0 Å². The average Bonchev–Trinajstić information content (AvgIpc) is 2.60. The van der Waals surface area contributed by atoms with Crippen LogP contribution in [-0.2, 0) is 0 Å². The van der Waals surface area contributed by atoms with E-state index in [4.69, 9.17) is 0 Å². The maximum atomic E-state index is 3.92. The van der Waals surface area contributed by atoms with Gasteiger partial charge in [0.1, 0.15) is 0 Å². The topological polar surface area (TPSA) is 12.0 Å². The predicted octanol–water partition coefficient (Wildman–Crippen LogP) is 2.51. The highest BCUT2D eigenvalue weighted by atomic mass is 15.0. The van der Waals surface area contributed by atoms with Crippen molar-refractivity contribution in [1.29, 1.82) is 0 Å². The minimum atomic E-state index is 0.798. The first-order chi connectivity index (χ1) is 6.18. The van der Waals surface area contributed by atoms with Crippen molar-refractivity contribution < 1.29 is 0 Å². The van der Waals surface area contributed by atoms with E-state index in [-0.39, 0.29) is 0 Å². The van der Waals surface area contributed by atoms with Gasteiger partial charge in [0.25, 0.3) is 0 Å². The van der Waals surface area contributed by atoms with Crippen LogP contribution in [0.25, 0.3) is 0 Å². The van der Waals surface area contributed by atoms with Crippen molar-refractivity contribution >= 4 is 0 Å². The third-order valence-corrected chi connectivity index (χ3v) is 3.44. The highest BCUT2D eigenvalue weighted by Crippen LogP contribution is 2.44. The quantitative estimate of drug-likeness (QED) is 0.653. The Balaban J connectivity index is 1.94. The molecule has 13 heavy (non-hydrogen) atoms. The SMILES string of the molecule is C=C(C)C/C=C(/C)C1C2CNC1C2. The van der Waals surface area contributed by atoms with Gasteiger partial charge in [-0.2, -0.15) is 0 Å². The summed E-state index contributed by atoms with van der Waals surface area (Å²) in [6, 6.07) is 0.798. The van der Waals surface area contributed by atoms with E-state index in [0.29, 0.717) is 0 Å². The zero-order valence-corrected chi connectivity index (χ0v) is 8.64. The maximum absolute atomic E-state index is 3.92. The summed E-state index contributed by atoms with van der Waals surface area (Å²) in [6.45, 7) is 9.54. The van der Waals surface area contributed by atoms with Gasteiger partial charge in [-0.3, -0.25) is 0 Å². The molecule has 0 amide bonds. The molecule has 2 heterocycles. The van der Waals surface area contributed by atoms with Gasteiger partial charge >= 0.3 is 0 Å². The molecule has 2 bridgehead atoms. The van der Waals surface area contributed by atoms with Crippen molar-refractivity contribution in [2.45, 2.75) is 32.7 Å². The van der Waals surface area contributed by atoms with Crippen LogP contribution in [-0.4, -0.2) is 12.6 Å². The largest absolute Gasteiger partial charge is 0.313 e. The smallest absolute Gasteiger partial charge is 0.0139 e. The number of hydrogen-bond donors (Lipinski definition) is 1. The monoisotopic (exact) mass is 177 g/mol. The average molecular weight is 177 g/mol. The molecule has 3 unspecified atom stereocenters. The summed E-state index contributed by atoms with van der Waals surface area (Å²) < 4.78 is 0.